The van der Waals surface area contributed by atoms with Crippen molar-refractivity contribution in [3.05, 3.63) is 65.4 Å². The molecular formula is C26H32N2O3. The molecule has 31 heavy (non-hydrogen) atoms. The highest BCUT2D eigenvalue weighted by molar-refractivity contribution is 5.88. The Kier molecular flexibility index (Phi) is 6.33. The lowest BCUT2D eigenvalue weighted by atomic mass is 9.87. The van der Waals surface area contributed by atoms with Crippen molar-refractivity contribution in [3.63, 3.8) is 0 Å². The van der Waals surface area contributed by atoms with E-state index in [0.717, 1.165) is 28.8 Å². The maximum absolute atomic E-state index is 13.4. The van der Waals surface area contributed by atoms with E-state index in [1.807, 2.05) is 36.9 Å². The first-order chi connectivity index (χ1) is 15.0. The third-order valence-corrected chi connectivity index (χ3v) is 6.24. The zero-order valence-corrected chi connectivity index (χ0v) is 18.9. The number of aromatic amines is 1. The van der Waals surface area contributed by atoms with E-state index in [2.05, 4.69) is 42.4 Å². The van der Waals surface area contributed by atoms with Crippen molar-refractivity contribution in [2.75, 3.05) is 20.2 Å². The van der Waals surface area contributed by atoms with Crippen molar-refractivity contribution in [2.45, 2.75) is 51.7 Å². The Morgan fingerprint density at radius 1 is 1.19 bits per heavy atom. The van der Waals surface area contributed by atoms with Crippen molar-refractivity contribution < 1.29 is 14.3 Å². The number of carbonyl (C=O) groups excluding carboxylic acids is 1. The van der Waals surface area contributed by atoms with Gasteiger partial charge in [-0.05, 0) is 49.1 Å². The van der Waals surface area contributed by atoms with Crippen LogP contribution in [0.25, 0.3) is 10.9 Å². The van der Waals surface area contributed by atoms with Crippen LogP contribution in [-0.2, 0) is 16.0 Å². The number of methoxy groups -OCH3 is 1. The van der Waals surface area contributed by atoms with E-state index in [1.54, 1.807) is 7.11 Å². The summed E-state index contributed by atoms with van der Waals surface area (Å²) >= 11 is 0. The highest BCUT2D eigenvalue weighted by atomic mass is 16.5. The van der Waals surface area contributed by atoms with E-state index in [9.17, 15) is 4.79 Å². The SMILES string of the molecule is CCc1cccc2c([C@@H](CC(=O)N3C[C@@H](C)O[C@@H](C)C3)c3cccc(OC)c3)c[nH]c12. The molecule has 0 radical (unpaired) electrons. The number of benzene rings is 2. The molecule has 0 saturated carbocycles. The molecule has 1 aromatic heterocycles. The number of nitrogens with one attached hydrogen (secondary N) is 1. The number of para-hydroxylation sites is 1. The number of aromatic nitrogens is 1. The summed E-state index contributed by atoms with van der Waals surface area (Å²) in [6, 6.07) is 14.5. The first-order valence-electron chi connectivity index (χ1n) is 11.2. The zero-order valence-electron chi connectivity index (χ0n) is 18.9. The normalized spacial score (nSPS) is 20.1. The second-order valence-electron chi connectivity index (χ2n) is 8.53. The van der Waals surface area contributed by atoms with Gasteiger partial charge in [0.15, 0.2) is 0 Å². The maximum atomic E-state index is 13.4. The van der Waals surface area contributed by atoms with Gasteiger partial charge < -0.3 is 19.4 Å². The van der Waals surface area contributed by atoms with E-state index in [1.165, 1.54) is 10.9 Å². The predicted octanol–water partition coefficient (Wildman–Crippen LogP) is 4.90. The molecule has 1 aliphatic rings. The van der Waals surface area contributed by atoms with Gasteiger partial charge in [0.05, 0.1) is 19.3 Å². The Morgan fingerprint density at radius 3 is 2.65 bits per heavy atom. The molecule has 0 unspecified atom stereocenters. The Bertz CT molecular complexity index is 1050. The molecule has 2 aromatic carbocycles. The Hall–Kier alpha value is -2.79. The molecule has 0 bridgehead atoms. The van der Waals surface area contributed by atoms with Crippen LogP contribution in [0.2, 0.25) is 0 Å². The Balaban J connectivity index is 1.73. The van der Waals surface area contributed by atoms with Gasteiger partial charge in [0.2, 0.25) is 5.91 Å². The van der Waals surface area contributed by atoms with E-state index in [4.69, 9.17) is 9.47 Å². The van der Waals surface area contributed by atoms with Crippen molar-refractivity contribution in [2.24, 2.45) is 0 Å². The fourth-order valence-corrected chi connectivity index (χ4v) is 4.77. The minimum Gasteiger partial charge on any atom is -0.497 e. The lowest BCUT2D eigenvalue weighted by Crippen LogP contribution is -2.48. The number of fused-ring (bicyclic) bond motifs is 1. The van der Waals surface area contributed by atoms with Crippen molar-refractivity contribution >= 4 is 16.8 Å². The molecule has 1 fully saturated rings. The number of ether oxygens (including phenoxy) is 2. The molecule has 3 aromatic rings. The van der Waals surface area contributed by atoms with Crippen LogP contribution in [0.3, 0.4) is 0 Å². The molecule has 5 nitrogen and oxygen atoms in total. The molecule has 5 heteroatoms. The molecule has 1 saturated heterocycles. The van der Waals surface area contributed by atoms with Crippen LogP contribution in [-0.4, -0.2) is 48.2 Å². The number of hydrogen-bond acceptors (Lipinski definition) is 3. The summed E-state index contributed by atoms with van der Waals surface area (Å²) < 4.78 is 11.3. The Labute approximate surface area is 184 Å². The van der Waals surface area contributed by atoms with E-state index in [0.29, 0.717) is 19.5 Å². The van der Waals surface area contributed by atoms with E-state index < -0.39 is 0 Å². The molecule has 0 spiro atoms. The van der Waals surface area contributed by atoms with Gasteiger partial charge in [-0.25, -0.2) is 0 Å². The number of nitrogens with zero attached hydrogens (tertiary/aromatic N) is 1. The highest BCUT2D eigenvalue weighted by Crippen LogP contribution is 2.36. The highest BCUT2D eigenvalue weighted by Gasteiger charge is 2.29. The standard InChI is InChI=1S/C26H32N2O3/c1-5-19-8-7-11-22-24(14-27-26(19)22)23(20-9-6-10-21(12-20)30-4)13-25(29)28-15-17(2)31-18(3)16-28/h6-12,14,17-18,23,27H,5,13,15-16H2,1-4H3/t17-,18+,23-/m0/s1. The summed E-state index contributed by atoms with van der Waals surface area (Å²) in [5.41, 5.74) is 4.69. The molecule has 1 amide bonds. The van der Waals surface area contributed by atoms with Gasteiger partial charge in [-0.15, -0.1) is 0 Å². The lowest BCUT2D eigenvalue weighted by Gasteiger charge is -2.36. The van der Waals surface area contributed by atoms with Gasteiger partial charge in [-0.1, -0.05) is 37.3 Å². The van der Waals surface area contributed by atoms with Gasteiger partial charge in [0.1, 0.15) is 5.75 Å². The van der Waals surface area contributed by atoms with Crippen LogP contribution >= 0.6 is 0 Å². The maximum Gasteiger partial charge on any atom is 0.223 e. The number of amides is 1. The van der Waals surface area contributed by atoms with Gasteiger partial charge in [-0.3, -0.25) is 4.79 Å². The number of hydrogen-bond donors (Lipinski definition) is 1. The van der Waals surface area contributed by atoms with Crippen LogP contribution in [0.4, 0.5) is 0 Å². The fourth-order valence-electron chi connectivity index (χ4n) is 4.77. The minimum absolute atomic E-state index is 0.0584. The van der Waals surface area contributed by atoms with Crippen LogP contribution in [0, 0.1) is 0 Å². The monoisotopic (exact) mass is 420 g/mol. The quantitative estimate of drug-likeness (QED) is 0.617. The summed E-state index contributed by atoms with van der Waals surface area (Å²) in [6.45, 7) is 7.51. The van der Waals surface area contributed by atoms with E-state index >= 15 is 0 Å². The number of carbonyl (C=O) groups is 1. The minimum atomic E-state index is -0.0584. The third-order valence-electron chi connectivity index (χ3n) is 6.24. The Morgan fingerprint density at radius 2 is 1.94 bits per heavy atom. The van der Waals surface area contributed by atoms with Gasteiger partial charge in [0.25, 0.3) is 0 Å². The molecule has 0 aliphatic carbocycles. The average Bonchev–Trinajstić information content (AvgIpc) is 3.20. The summed E-state index contributed by atoms with van der Waals surface area (Å²) in [7, 11) is 1.68. The lowest BCUT2D eigenvalue weighted by molar-refractivity contribution is -0.143. The van der Waals surface area contributed by atoms with Crippen molar-refractivity contribution in [1.82, 2.24) is 9.88 Å². The van der Waals surface area contributed by atoms with Crippen molar-refractivity contribution in [1.29, 1.82) is 0 Å². The second-order valence-corrected chi connectivity index (χ2v) is 8.53. The van der Waals surface area contributed by atoms with E-state index in [-0.39, 0.29) is 24.0 Å². The number of morpholine rings is 1. The van der Waals surface area contributed by atoms with Crippen LogP contribution in [0.15, 0.2) is 48.7 Å². The number of rotatable bonds is 6. The van der Waals surface area contributed by atoms with Gasteiger partial charge in [-0.2, -0.15) is 0 Å². The summed E-state index contributed by atoms with van der Waals surface area (Å²) in [5, 5.41) is 1.18. The average molecular weight is 421 g/mol. The first-order valence-corrected chi connectivity index (χ1v) is 11.2. The second kappa shape index (κ2) is 9.15. The largest absolute Gasteiger partial charge is 0.497 e. The van der Waals surface area contributed by atoms with Crippen LogP contribution < -0.4 is 4.74 Å². The van der Waals surface area contributed by atoms with Crippen LogP contribution in [0.1, 0.15) is 49.8 Å². The topological polar surface area (TPSA) is 54.6 Å². The molecule has 1 N–H and O–H groups in total. The molecule has 3 atom stereocenters. The van der Waals surface area contributed by atoms with Gasteiger partial charge in [0, 0.05) is 42.5 Å². The first kappa shape index (κ1) is 21.4. The van der Waals surface area contributed by atoms with Crippen LogP contribution in [0.5, 0.6) is 5.75 Å². The fraction of sp³-hybridized carbons (Fsp3) is 0.423. The number of aryl methyl sites for hydroxylation is 1. The molecular weight excluding hydrogens is 388 g/mol. The molecule has 1 aliphatic heterocycles. The molecule has 2 heterocycles. The molecule has 4 rings (SSSR count). The number of H-pyrrole nitrogens is 1. The van der Waals surface area contributed by atoms with Gasteiger partial charge >= 0.3 is 0 Å². The molecule has 164 valence electrons. The smallest absolute Gasteiger partial charge is 0.223 e. The summed E-state index contributed by atoms with van der Waals surface area (Å²) in [5.74, 6) is 0.908. The summed E-state index contributed by atoms with van der Waals surface area (Å²) in [6.07, 6.45) is 3.57. The predicted molar refractivity (Wildman–Crippen MR) is 124 cm³/mol. The zero-order chi connectivity index (χ0) is 22.0. The van der Waals surface area contributed by atoms with Crippen molar-refractivity contribution in [3.8, 4) is 5.75 Å². The summed E-state index contributed by atoms with van der Waals surface area (Å²) in [4.78, 5) is 18.8. The third kappa shape index (κ3) is 4.47.